The second-order valence-corrected chi connectivity index (χ2v) is 6.76. The van der Waals surface area contributed by atoms with Gasteiger partial charge in [-0.1, -0.05) is 52.7 Å². The standard InChI is InChI=1S/C20H22BrNO4/c1-3-18(15-6-4-14(2)5-7-15)22-19(23)12-26-20(24)13-25-17-10-8-16(21)9-11-17/h4-11,18H,3,12-13H2,1-2H3,(H,22,23)/t18-/m0/s1. The monoisotopic (exact) mass is 419 g/mol. The first-order valence-electron chi connectivity index (χ1n) is 8.38. The van der Waals surface area contributed by atoms with Crippen LogP contribution in [-0.2, 0) is 14.3 Å². The summed E-state index contributed by atoms with van der Waals surface area (Å²) >= 11 is 3.32. The smallest absolute Gasteiger partial charge is 0.344 e. The minimum atomic E-state index is -0.591. The van der Waals surface area contributed by atoms with Gasteiger partial charge in [0.25, 0.3) is 5.91 Å². The molecular weight excluding hydrogens is 398 g/mol. The van der Waals surface area contributed by atoms with E-state index in [4.69, 9.17) is 9.47 Å². The lowest BCUT2D eigenvalue weighted by Crippen LogP contribution is -2.32. The Kier molecular flexibility index (Phi) is 7.66. The van der Waals surface area contributed by atoms with Crippen LogP contribution < -0.4 is 10.1 Å². The Hall–Kier alpha value is -2.34. The van der Waals surface area contributed by atoms with Gasteiger partial charge in [-0.25, -0.2) is 4.79 Å². The van der Waals surface area contributed by atoms with Crippen molar-refractivity contribution in [2.45, 2.75) is 26.3 Å². The highest BCUT2D eigenvalue weighted by molar-refractivity contribution is 9.10. The number of hydrogen-bond donors (Lipinski definition) is 1. The maximum atomic E-state index is 12.0. The van der Waals surface area contributed by atoms with Crippen molar-refractivity contribution in [1.82, 2.24) is 5.32 Å². The average molecular weight is 420 g/mol. The molecule has 0 heterocycles. The molecule has 2 aromatic carbocycles. The third-order valence-electron chi connectivity index (χ3n) is 3.76. The number of esters is 1. The lowest BCUT2D eigenvalue weighted by Gasteiger charge is -2.17. The summed E-state index contributed by atoms with van der Waals surface area (Å²) in [4.78, 5) is 23.7. The normalized spacial score (nSPS) is 11.5. The molecule has 0 aliphatic heterocycles. The predicted octanol–water partition coefficient (Wildman–Crippen LogP) is 3.95. The molecule has 0 aliphatic carbocycles. The van der Waals surface area contributed by atoms with Crippen molar-refractivity contribution < 1.29 is 19.1 Å². The van der Waals surface area contributed by atoms with Crippen LogP contribution in [0.4, 0.5) is 0 Å². The van der Waals surface area contributed by atoms with Crippen molar-refractivity contribution >= 4 is 27.8 Å². The van der Waals surface area contributed by atoms with E-state index in [1.807, 2.05) is 50.2 Å². The van der Waals surface area contributed by atoms with Crippen molar-refractivity contribution in [2.75, 3.05) is 13.2 Å². The summed E-state index contributed by atoms with van der Waals surface area (Å²) in [5, 5.41) is 2.88. The van der Waals surface area contributed by atoms with Gasteiger partial charge in [-0.2, -0.15) is 0 Å². The number of carbonyl (C=O) groups is 2. The number of carbonyl (C=O) groups excluding carboxylic acids is 2. The second-order valence-electron chi connectivity index (χ2n) is 5.84. The molecule has 1 amide bonds. The second kappa shape index (κ2) is 9.97. The molecule has 0 saturated carbocycles. The van der Waals surface area contributed by atoms with Gasteiger partial charge in [-0.3, -0.25) is 4.79 Å². The average Bonchev–Trinajstić information content (AvgIpc) is 2.65. The van der Waals surface area contributed by atoms with Gasteiger partial charge < -0.3 is 14.8 Å². The summed E-state index contributed by atoms with van der Waals surface area (Å²) in [5.41, 5.74) is 2.19. The van der Waals surface area contributed by atoms with E-state index in [-0.39, 0.29) is 25.2 Å². The van der Waals surface area contributed by atoms with Crippen molar-refractivity contribution in [2.24, 2.45) is 0 Å². The molecule has 6 heteroatoms. The first kappa shape index (κ1) is 20.0. The zero-order valence-corrected chi connectivity index (χ0v) is 16.4. The lowest BCUT2D eigenvalue weighted by molar-refractivity contribution is -0.150. The predicted molar refractivity (Wildman–Crippen MR) is 103 cm³/mol. The summed E-state index contributed by atoms with van der Waals surface area (Å²) in [5.74, 6) is -0.374. The van der Waals surface area contributed by atoms with Gasteiger partial charge in [-0.05, 0) is 43.2 Å². The van der Waals surface area contributed by atoms with Gasteiger partial charge in [0.05, 0.1) is 6.04 Å². The number of aryl methyl sites for hydroxylation is 1. The quantitative estimate of drug-likeness (QED) is 0.657. The lowest BCUT2D eigenvalue weighted by atomic mass is 10.0. The summed E-state index contributed by atoms with van der Waals surface area (Å²) in [7, 11) is 0. The zero-order valence-electron chi connectivity index (χ0n) is 14.8. The molecule has 26 heavy (non-hydrogen) atoms. The molecule has 2 rings (SSSR count). The topological polar surface area (TPSA) is 64.6 Å². The van der Waals surface area contributed by atoms with Gasteiger partial charge in [0.1, 0.15) is 5.75 Å². The number of nitrogens with one attached hydrogen (secondary N) is 1. The van der Waals surface area contributed by atoms with E-state index in [1.165, 1.54) is 0 Å². The Balaban J connectivity index is 1.75. The van der Waals surface area contributed by atoms with Crippen LogP contribution in [0.3, 0.4) is 0 Å². The van der Waals surface area contributed by atoms with E-state index in [1.54, 1.807) is 12.1 Å². The molecule has 138 valence electrons. The van der Waals surface area contributed by atoms with Gasteiger partial charge in [0, 0.05) is 4.47 Å². The van der Waals surface area contributed by atoms with Crippen molar-refractivity contribution in [3.8, 4) is 5.75 Å². The summed E-state index contributed by atoms with van der Waals surface area (Å²) in [6.45, 7) is 3.43. The van der Waals surface area contributed by atoms with Crippen LogP contribution in [-0.4, -0.2) is 25.1 Å². The molecule has 2 aromatic rings. The first-order valence-corrected chi connectivity index (χ1v) is 9.17. The fourth-order valence-corrected chi connectivity index (χ4v) is 2.58. The fraction of sp³-hybridized carbons (Fsp3) is 0.300. The van der Waals surface area contributed by atoms with E-state index in [0.29, 0.717) is 5.75 Å². The first-order chi connectivity index (χ1) is 12.5. The molecular formula is C20H22BrNO4. The van der Waals surface area contributed by atoms with E-state index in [0.717, 1.165) is 22.0 Å². The molecule has 0 unspecified atom stereocenters. The van der Waals surface area contributed by atoms with E-state index < -0.39 is 5.97 Å². The summed E-state index contributed by atoms with van der Waals surface area (Å²) in [6, 6.07) is 15.0. The van der Waals surface area contributed by atoms with Gasteiger partial charge in [0.15, 0.2) is 13.2 Å². The van der Waals surface area contributed by atoms with Gasteiger partial charge >= 0.3 is 5.97 Å². The van der Waals surface area contributed by atoms with Crippen LogP contribution in [0.2, 0.25) is 0 Å². The Bertz CT molecular complexity index is 728. The number of rotatable bonds is 8. The molecule has 0 bridgehead atoms. The maximum Gasteiger partial charge on any atom is 0.344 e. The van der Waals surface area contributed by atoms with Crippen LogP contribution in [0.5, 0.6) is 5.75 Å². The molecule has 0 spiro atoms. The van der Waals surface area contributed by atoms with Crippen molar-refractivity contribution in [3.63, 3.8) is 0 Å². The Morgan fingerprint density at radius 3 is 2.31 bits per heavy atom. The zero-order chi connectivity index (χ0) is 18.9. The minimum absolute atomic E-state index is 0.110. The molecule has 1 atom stereocenters. The number of benzene rings is 2. The summed E-state index contributed by atoms with van der Waals surface area (Å²) in [6.07, 6.45) is 0.745. The fourth-order valence-electron chi connectivity index (χ4n) is 2.32. The number of halogens is 1. The molecule has 0 radical (unpaired) electrons. The number of amides is 1. The van der Waals surface area contributed by atoms with E-state index in [9.17, 15) is 9.59 Å². The van der Waals surface area contributed by atoms with Crippen LogP contribution >= 0.6 is 15.9 Å². The number of ether oxygens (including phenoxy) is 2. The minimum Gasteiger partial charge on any atom is -0.482 e. The van der Waals surface area contributed by atoms with Crippen molar-refractivity contribution in [1.29, 1.82) is 0 Å². The molecule has 1 N–H and O–H groups in total. The van der Waals surface area contributed by atoms with E-state index >= 15 is 0 Å². The highest BCUT2D eigenvalue weighted by Gasteiger charge is 2.14. The number of hydrogen-bond acceptors (Lipinski definition) is 4. The van der Waals surface area contributed by atoms with E-state index in [2.05, 4.69) is 21.2 Å². The summed E-state index contributed by atoms with van der Waals surface area (Å²) < 4.78 is 11.2. The van der Waals surface area contributed by atoms with Gasteiger partial charge in [-0.15, -0.1) is 0 Å². The third-order valence-corrected chi connectivity index (χ3v) is 4.29. The largest absolute Gasteiger partial charge is 0.482 e. The van der Waals surface area contributed by atoms with Gasteiger partial charge in [0.2, 0.25) is 0 Å². The molecule has 0 aliphatic rings. The molecule has 0 fully saturated rings. The van der Waals surface area contributed by atoms with Crippen LogP contribution in [0.25, 0.3) is 0 Å². The van der Waals surface area contributed by atoms with Crippen LogP contribution in [0, 0.1) is 6.92 Å². The Morgan fingerprint density at radius 2 is 1.69 bits per heavy atom. The maximum absolute atomic E-state index is 12.0. The molecule has 0 saturated heterocycles. The van der Waals surface area contributed by atoms with Crippen LogP contribution in [0.1, 0.15) is 30.5 Å². The Morgan fingerprint density at radius 1 is 1.04 bits per heavy atom. The van der Waals surface area contributed by atoms with Crippen LogP contribution in [0.15, 0.2) is 53.0 Å². The SMILES string of the molecule is CC[C@H](NC(=O)COC(=O)COc1ccc(Br)cc1)c1ccc(C)cc1. The highest BCUT2D eigenvalue weighted by Crippen LogP contribution is 2.17. The third kappa shape index (κ3) is 6.52. The Labute approximate surface area is 161 Å². The molecule has 0 aromatic heterocycles. The molecule has 5 nitrogen and oxygen atoms in total. The highest BCUT2D eigenvalue weighted by atomic mass is 79.9. The van der Waals surface area contributed by atoms with Crippen molar-refractivity contribution in [3.05, 3.63) is 64.1 Å².